The number of aliphatic imine (C=N–C) groups is 1. The summed E-state index contributed by atoms with van der Waals surface area (Å²) in [5, 5.41) is 12.1. The van der Waals surface area contributed by atoms with Gasteiger partial charge in [-0.05, 0) is 41.8 Å². The van der Waals surface area contributed by atoms with Gasteiger partial charge in [0.05, 0.1) is 12.0 Å². The molecule has 0 aromatic heterocycles. The van der Waals surface area contributed by atoms with Crippen LogP contribution < -0.4 is 20.5 Å². The second kappa shape index (κ2) is 9.59. The van der Waals surface area contributed by atoms with Gasteiger partial charge in [0.15, 0.2) is 5.96 Å². The zero-order valence-corrected chi connectivity index (χ0v) is 16.8. The molecule has 0 unspecified atom stereocenters. The van der Waals surface area contributed by atoms with Crippen molar-refractivity contribution >= 4 is 27.6 Å². The van der Waals surface area contributed by atoms with Crippen LogP contribution in [0.2, 0.25) is 5.02 Å². The van der Waals surface area contributed by atoms with Crippen LogP contribution in [0.4, 0.5) is 0 Å². The fourth-order valence-corrected chi connectivity index (χ4v) is 3.26. The molecule has 0 spiro atoms. The highest BCUT2D eigenvalue weighted by atomic mass is 35.5. The van der Waals surface area contributed by atoms with E-state index in [2.05, 4.69) is 15.6 Å². The number of rotatable bonds is 7. The number of ether oxygens (including phenoxy) is 1. The Bertz CT molecular complexity index is 917. The molecule has 0 aliphatic rings. The van der Waals surface area contributed by atoms with Crippen molar-refractivity contribution in [3.63, 3.8) is 0 Å². The van der Waals surface area contributed by atoms with Gasteiger partial charge >= 0.3 is 0 Å². The second-order valence-corrected chi connectivity index (χ2v) is 7.72. The van der Waals surface area contributed by atoms with E-state index in [-0.39, 0.29) is 4.90 Å². The molecule has 0 bridgehead atoms. The number of hydrogen-bond acceptors (Lipinski definition) is 4. The van der Waals surface area contributed by atoms with Gasteiger partial charge in [-0.15, -0.1) is 0 Å². The summed E-state index contributed by atoms with van der Waals surface area (Å²) in [6.45, 7) is 1.04. The normalized spacial score (nSPS) is 11.9. The lowest BCUT2D eigenvalue weighted by atomic mass is 10.1. The van der Waals surface area contributed by atoms with Crippen molar-refractivity contribution in [2.45, 2.75) is 17.9 Å². The summed E-state index contributed by atoms with van der Waals surface area (Å²) >= 11 is 6.24. The Kier molecular flexibility index (Phi) is 7.46. The van der Waals surface area contributed by atoms with E-state index in [1.165, 1.54) is 12.1 Å². The number of methoxy groups -OCH3 is 1. The molecule has 2 aromatic rings. The van der Waals surface area contributed by atoms with Gasteiger partial charge in [0.1, 0.15) is 5.75 Å². The quantitative estimate of drug-likeness (QED) is 0.477. The number of halogens is 1. The van der Waals surface area contributed by atoms with Crippen LogP contribution in [0.3, 0.4) is 0 Å². The molecule has 0 saturated carbocycles. The predicted molar refractivity (Wildman–Crippen MR) is 108 cm³/mol. The van der Waals surface area contributed by atoms with E-state index in [1.807, 2.05) is 18.2 Å². The van der Waals surface area contributed by atoms with Crippen LogP contribution in [0.15, 0.2) is 52.4 Å². The van der Waals surface area contributed by atoms with Crippen molar-refractivity contribution in [1.29, 1.82) is 0 Å². The van der Waals surface area contributed by atoms with Crippen LogP contribution in [0.1, 0.15) is 11.1 Å². The summed E-state index contributed by atoms with van der Waals surface area (Å²) in [4.78, 5) is 4.24. The highest BCUT2D eigenvalue weighted by molar-refractivity contribution is 7.89. The minimum Gasteiger partial charge on any atom is -0.497 e. The molecule has 0 heterocycles. The third-order valence-corrected chi connectivity index (χ3v) is 5.12. The second-order valence-electron chi connectivity index (χ2n) is 5.75. The van der Waals surface area contributed by atoms with Crippen LogP contribution in [0, 0.1) is 0 Å². The molecule has 0 amide bonds. The van der Waals surface area contributed by atoms with Crippen molar-refractivity contribution in [2.24, 2.45) is 10.1 Å². The Hall–Kier alpha value is -2.29. The molecule has 0 aliphatic heterocycles. The van der Waals surface area contributed by atoms with Gasteiger partial charge in [0.2, 0.25) is 10.0 Å². The van der Waals surface area contributed by atoms with E-state index >= 15 is 0 Å². The molecule has 0 radical (unpaired) electrons. The largest absolute Gasteiger partial charge is 0.497 e. The molecule has 4 N–H and O–H groups in total. The fraction of sp³-hybridized carbons (Fsp3) is 0.278. The van der Waals surface area contributed by atoms with Gasteiger partial charge in [-0.1, -0.05) is 29.8 Å². The topological polar surface area (TPSA) is 106 Å². The maximum atomic E-state index is 11.4. The summed E-state index contributed by atoms with van der Waals surface area (Å²) in [5.41, 5.74) is 1.78. The molecule has 9 heteroatoms. The van der Waals surface area contributed by atoms with Crippen LogP contribution >= 0.6 is 11.6 Å². The number of nitrogens with one attached hydrogen (secondary N) is 2. The number of benzene rings is 2. The minimum atomic E-state index is -3.72. The molecule has 0 saturated heterocycles. The van der Waals surface area contributed by atoms with E-state index in [0.29, 0.717) is 30.5 Å². The van der Waals surface area contributed by atoms with Gasteiger partial charge in [-0.2, -0.15) is 0 Å². The standard InChI is InChI=1S/C18H23ClN4O3S/c1-21-18(22-9-8-14-6-7-15(26-2)11-17(14)19)23-12-13-4-3-5-16(10-13)27(20,24)25/h3-7,10-11H,8-9,12H2,1-2H3,(H2,20,24,25)(H2,21,22,23). The number of hydrogen-bond donors (Lipinski definition) is 3. The summed E-state index contributed by atoms with van der Waals surface area (Å²) < 4.78 is 28.0. The van der Waals surface area contributed by atoms with Crippen LogP contribution in [0.5, 0.6) is 5.75 Å². The highest BCUT2D eigenvalue weighted by Gasteiger charge is 2.08. The first-order valence-electron chi connectivity index (χ1n) is 8.22. The molecule has 0 aliphatic carbocycles. The van der Waals surface area contributed by atoms with E-state index < -0.39 is 10.0 Å². The van der Waals surface area contributed by atoms with Crippen LogP contribution in [-0.4, -0.2) is 35.1 Å². The molecular formula is C18H23ClN4O3S. The third-order valence-electron chi connectivity index (χ3n) is 3.86. The lowest BCUT2D eigenvalue weighted by molar-refractivity contribution is 0.414. The molecular weight excluding hydrogens is 388 g/mol. The predicted octanol–water partition coefficient (Wildman–Crippen LogP) is 1.90. The summed E-state index contributed by atoms with van der Waals surface area (Å²) in [6.07, 6.45) is 0.713. The summed E-state index contributed by atoms with van der Waals surface area (Å²) in [6, 6.07) is 12.0. The van der Waals surface area contributed by atoms with E-state index in [1.54, 1.807) is 26.3 Å². The Labute approximate surface area is 164 Å². The third kappa shape index (κ3) is 6.42. The van der Waals surface area contributed by atoms with Gasteiger partial charge in [-0.3, -0.25) is 4.99 Å². The monoisotopic (exact) mass is 410 g/mol. The minimum absolute atomic E-state index is 0.0823. The zero-order valence-electron chi connectivity index (χ0n) is 15.2. The number of nitrogens with zero attached hydrogens (tertiary/aromatic N) is 1. The Balaban J connectivity index is 1.88. The zero-order chi connectivity index (χ0) is 19.9. The van der Waals surface area contributed by atoms with Gasteiger partial charge in [0.25, 0.3) is 0 Å². The lowest BCUT2D eigenvalue weighted by Crippen LogP contribution is -2.37. The number of nitrogens with two attached hydrogens (primary N) is 1. The van der Waals surface area contributed by atoms with Crippen molar-refractivity contribution in [1.82, 2.24) is 10.6 Å². The first-order valence-corrected chi connectivity index (χ1v) is 10.1. The highest BCUT2D eigenvalue weighted by Crippen LogP contribution is 2.22. The first kappa shape index (κ1) is 21.0. The number of primary sulfonamides is 1. The molecule has 7 nitrogen and oxygen atoms in total. The van der Waals surface area contributed by atoms with Crippen molar-refractivity contribution in [2.75, 3.05) is 20.7 Å². The van der Waals surface area contributed by atoms with Crippen LogP contribution in [0.25, 0.3) is 0 Å². The SMILES string of the molecule is CN=C(NCCc1ccc(OC)cc1Cl)NCc1cccc(S(N)(=O)=O)c1. The molecule has 0 atom stereocenters. The fourth-order valence-electron chi connectivity index (χ4n) is 2.41. The number of guanidine groups is 1. The summed E-state index contributed by atoms with van der Waals surface area (Å²) in [5.74, 6) is 1.32. The Morgan fingerprint density at radius 3 is 2.63 bits per heavy atom. The first-order chi connectivity index (χ1) is 12.8. The van der Waals surface area contributed by atoms with Gasteiger partial charge < -0.3 is 15.4 Å². The average Bonchev–Trinajstić information content (AvgIpc) is 2.65. The molecule has 146 valence electrons. The van der Waals surface area contributed by atoms with E-state index in [0.717, 1.165) is 16.9 Å². The van der Waals surface area contributed by atoms with Gasteiger partial charge in [0, 0.05) is 25.2 Å². The molecule has 2 rings (SSSR count). The molecule has 0 fully saturated rings. The van der Waals surface area contributed by atoms with Crippen molar-refractivity contribution < 1.29 is 13.2 Å². The Morgan fingerprint density at radius 1 is 1.22 bits per heavy atom. The lowest BCUT2D eigenvalue weighted by Gasteiger charge is -2.13. The maximum Gasteiger partial charge on any atom is 0.238 e. The van der Waals surface area contributed by atoms with E-state index in [4.69, 9.17) is 21.5 Å². The van der Waals surface area contributed by atoms with Crippen molar-refractivity contribution in [3.8, 4) is 5.75 Å². The van der Waals surface area contributed by atoms with Crippen LogP contribution in [-0.2, 0) is 23.0 Å². The van der Waals surface area contributed by atoms with Crippen molar-refractivity contribution in [3.05, 3.63) is 58.6 Å². The molecule has 27 heavy (non-hydrogen) atoms. The van der Waals surface area contributed by atoms with E-state index in [9.17, 15) is 8.42 Å². The maximum absolute atomic E-state index is 11.4. The Morgan fingerprint density at radius 2 is 2.00 bits per heavy atom. The average molecular weight is 411 g/mol. The molecule has 2 aromatic carbocycles. The summed E-state index contributed by atoms with van der Waals surface area (Å²) in [7, 11) is -0.457. The smallest absolute Gasteiger partial charge is 0.238 e. The van der Waals surface area contributed by atoms with Gasteiger partial charge in [-0.25, -0.2) is 13.6 Å². The number of sulfonamides is 1.